The van der Waals surface area contributed by atoms with Crippen molar-refractivity contribution in [3.8, 4) is 0 Å². The van der Waals surface area contributed by atoms with E-state index in [0.29, 0.717) is 0 Å². The summed E-state index contributed by atoms with van der Waals surface area (Å²) in [7, 11) is 1.16. The Morgan fingerprint density at radius 1 is 1.25 bits per heavy atom. The van der Waals surface area contributed by atoms with Crippen LogP contribution in [0.15, 0.2) is 6.07 Å². The van der Waals surface area contributed by atoms with E-state index >= 15 is 0 Å². The first kappa shape index (κ1) is 10.1. The van der Waals surface area contributed by atoms with Crippen LogP contribution in [0.1, 0.15) is 31.3 Å². The molecule has 7 nitrogen and oxygen atoms in total. The number of fused-ring (bicyclic) bond motifs is 1. The molecule has 2 rings (SSSR count). The predicted octanol–water partition coefficient (Wildman–Crippen LogP) is -0.746. The molecule has 2 heterocycles. The number of hydrogen-bond acceptors (Lipinski definition) is 5. The topological polar surface area (TPSA) is 105 Å². The van der Waals surface area contributed by atoms with Gasteiger partial charge in [0.2, 0.25) is 0 Å². The van der Waals surface area contributed by atoms with E-state index in [1.165, 1.54) is 0 Å². The lowest BCUT2D eigenvalue weighted by molar-refractivity contribution is -0.116. The van der Waals surface area contributed by atoms with E-state index in [4.69, 9.17) is 0 Å². The lowest BCUT2D eigenvalue weighted by Crippen LogP contribution is -2.41. The highest BCUT2D eigenvalue weighted by atomic mass is 16.5. The Balaban J connectivity index is 2.54. The molecule has 0 saturated carbocycles. The van der Waals surface area contributed by atoms with Crippen molar-refractivity contribution in [2.45, 2.75) is 0 Å². The minimum absolute atomic E-state index is 0.0503. The molecule has 1 aromatic rings. The maximum absolute atomic E-state index is 11.3. The maximum atomic E-state index is 11.3. The third kappa shape index (κ3) is 1.29. The maximum Gasteiger partial charge on any atom is 0.354 e. The van der Waals surface area contributed by atoms with Crippen LogP contribution >= 0.6 is 0 Å². The van der Waals surface area contributed by atoms with Crippen LogP contribution in [-0.2, 0) is 9.53 Å². The van der Waals surface area contributed by atoms with Crippen LogP contribution in [0.25, 0.3) is 0 Å². The molecule has 0 unspecified atom stereocenters. The number of rotatable bonds is 1. The second kappa shape index (κ2) is 3.30. The van der Waals surface area contributed by atoms with Gasteiger partial charge in [-0.25, -0.2) is 4.79 Å². The number of carbonyl (C=O) groups is 4. The molecule has 1 aromatic heterocycles. The van der Waals surface area contributed by atoms with Crippen LogP contribution in [0.5, 0.6) is 0 Å². The van der Waals surface area contributed by atoms with Crippen molar-refractivity contribution < 1.29 is 23.9 Å². The number of hydrogen-bond donors (Lipinski definition) is 2. The number of H-pyrrole nitrogens is 1. The number of esters is 1. The summed E-state index contributed by atoms with van der Waals surface area (Å²) in [4.78, 5) is 47.2. The molecule has 82 valence electrons. The average Bonchev–Trinajstić information content (AvgIpc) is 2.70. The standard InChI is InChI=1S/C9H6N2O5/c1-16-9(15)4-2-3-5(10-4)7(13)11-8(14)6(3)12/h2,10H,1H3,(H,11,13,14). The fourth-order valence-corrected chi connectivity index (χ4v) is 1.38. The molecule has 1 aliphatic heterocycles. The first-order chi connectivity index (χ1) is 7.54. The van der Waals surface area contributed by atoms with E-state index in [-0.39, 0.29) is 17.0 Å². The number of ketones is 1. The van der Waals surface area contributed by atoms with E-state index in [9.17, 15) is 19.2 Å². The van der Waals surface area contributed by atoms with E-state index in [0.717, 1.165) is 13.2 Å². The van der Waals surface area contributed by atoms with Crippen molar-refractivity contribution in [3.63, 3.8) is 0 Å². The van der Waals surface area contributed by atoms with Gasteiger partial charge in [-0.15, -0.1) is 0 Å². The van der Waals surface area contributed by atoms with Crippen molar-refractivity contribution in [3.05, 3.63) is 23.0 Å². The fraction of sp³-hybridized carbons (Fsp3) is 0.111. The summed E-state index contributed by atoms with van der Waals surface area (Å²) in [5, 5.41) is 1.84. The Bertz CT molecular complexity index is 528. The molecule has 1 aliphatic rings. The van der Waals surface area contributed by atoms with Gasteiger partial charge >= 0.3 is 5.97 Å². The first-order valence-electron chi connectivity index (χ1n) is 4.26. The normalized spacial score (nSPS) is 14.4. The molecule has 0 saturated heterocycles. The molecule has 0 bridgehead atoms. The Kier molecular flexibility index (Phi) is 2.08. The highest BCUT2D eigenvalue weighted by Crippen LogP contribution is 2.16. The summed E-state index contributed by atoms with van der Waals surface area (Å²) in [6, 6.07) is 1.13. The van der Waals surface area contributed by atoms with Crippen LogP contribution in [0.2, 0.25) is 0 Å². The summed E-state index contributed by atoms with van der Waals surface area (Å²) < 4.78 is 4.41. The number of aromatic nitrogens is 1. The lowest BCUT2D eigenvalue weighted by Gasteiger charge is -2.08. The van der Waals surface area contributed by atoms with Gasteiger partial charge in [-0.2, -0.15) is 0 Å². The first-order valence-corrected chi connectivity index (χ1v) is 4.26. The molecular formula is C9H6N2O5. The minimum Gasteiger partial charge on any atom is -0.464 e. The van der Waals surface area contributed by atoms with Gasteiger partial charge in [-0.05, 0) is 6.07 Å². The van der Waals surface area contributed by atoms with E-state index in [2.05, 4.69) is 9.72 Å². The van der Waals surface area contributed by atoms with Gasteiger partial charge in [-0.1, -0.05) is 0 Å². The van der Waals surface area contributed by atoms with Gasteiger partial charge < -0.3 is 9.72 Å². The number of amides is 2. The summed E-state index contributed by atoms with van der Waals surface area (Å²) in [5.74, 6) is -3.33. The van der Waals surface area contributed by atoms with Gasteiger partial charge in [0.1, 0.15) is 11.4 Å². The third-order valence-electron chi connectivity index (χ3n) is 2.13. The van der Waals surface area contributed by atoms with E-state index in [1.54, 1.807) is 0 Å². The number of Topliss-reactive ketones (excluding diaryl/α,β-unsaturated/α-hetero) is 1. The Labute approximate surface area is 88.8 Å². The Hall–Kier alpha value is -2.44. The van der Waals surface area contributed by atoms with Gasteiger partial charge in [0.15, 0.2) is 0 Å². The van der Waals surface area contributed by atoms with Gasteiger partial charge in [0.25, 0.3) is 17.6 Å². The fourth-order valence-electron chi connectivity index (χ4n) is 1.38. The Morgan fingerprint density at radius 2 is 1.94 bits per heavy atom. The molecule has 0 atom stereocenters. The van der Waals surface area contributed by atoms with Crippen LogP contribution in [0.3, 0.4) is 0 Å². The van der Waals surface area contributed by atoms with Crippen molar-refractivity contribution in [1.82, 2.24) is 10.3 Å². The van der Waals surface area contributed by atoms with Crippen molar-refractivity contribution >= 4 is 23.6 Å². The third-order valence-corrected chi connectivity index (χ3v) is 2.13. The number of aromatic amines is 1. The molecule has 0 aliphatic carbocycles. The number of carbonyl (C=O) groups excluding carboxylic acids is 4. The molecule has 2 amide bonds. The highest BCUT2D eigenvalue weighted by Gasteiger charge is 2.33. The van der Waals surface area contributed by atoms with Crippen LogP contribution in [0.4, 0.5) is 0 Å². The van der Waals surface area contributed by atoms with Crippen molar-refractivity contribution in [2.75, 3.05) is 7.11 Å². The van der Waals surface area contributed by atoms with Crippen LogP contribution in [0, 0.1) is 0 Å². The minimum atomic E-state index is -1.01. The molecule has 0 fully saturated rings. The molecule has 7 heteroatoms. The van der Waals surface area contributed by atoms with Crippen LogP contribution in [-0.4, -0.2) is 35.7 Å². The summed E-state index contributed by atoms with van der Waals surface area (Å²) in [6.07, 6.45) is 0. The SMILES string of the molecule is COC(=O)c1cc2c([nH]1)C(=O)NC(=O)C2=O. The lowest BCUT2D eigenvalue weighted by atomic mass is 10.1. The van der Waals surface area contributed by atoms with Gasteiger partial charge in [0.05, 0.1) is 12.7 Å². The Morgan fingerprint density at radius 3 is 2.56 bits per heavy atom. The summed E-state index contributed by atoms with van der Waals surface area (Å²) >= 11 is 0. The van der Waals surface area contributed by atoms with Crippen LogP contribution < -0.4 is 5.32 Å². The average molecular weight is 222 g/mol. The summed E-state index contributed by atoms with van der Waals surface area (Å²) in [6.45, 7) is 0. The molecule has 0 aromatic carbocycles. The molecule has 0 spiro atoms. The highest BCUT2D eigenvalue weighted by molar-refractivity contribution is 6.49. The number of nitrogens with one attached hydrogen (secondary N) is 2. The largest absolute Gasteiger partial charge is 0.464 e. The van der Waals surface area contributed by atoms with Crippen molar-refractivity contribution in [2.24, 2.45) is 0 Å². The summed E-state index contributed by atoms with van der Waals surface area (Å²) in [5.41, 5.74) is -0.273. The monoisotopic (exact) mass is 222 g/mol. The predicted molar refractivity (Wildman–Crippen MR) is 48.9 cm³/mol. The van der Waals surface area contributed by atoms with E-state index < -0.39 is 23.6 Å². The molecule has 2 N–H and O–H groups in total. The van der Waals surface area contributed by atoms with Gasteiger partial charge in [-0.3, -0.25) is 19.7 Å². The number of imide groups is 1. The van der Waals surface area contributed by atoms with E-state index in [1.807, 2.05) is 5.32 Å². The second-order valence-corrected chi connectivity index (χ2v) is 3.08. The molecule has 16 heavy (non-hydrogen) atoms. The van der Waals surface area contributed by atoms with Crippen molar-refractivity contribution in [1.29, 1.82) is 0 Å². The number of methoxy groups -OCH3 is 1. The smallest absolute Gasteiger partial charge is 0.354 e. The quantitative estimate of drug-likeness (QED) is 0.369. The zero-order valence-electron chi connectivity index (χ0n) is 8.12. The van der Waals surface area contributed by atoms with Gasteiger partial charge in [0, 0.05) is 0 Å². The number of ether oxygens (including phenoxy) is 1. The molecular weight excluding hydrogens is 216 g/mol. The molecule has 0 radical (unpaired) electrons. The zero-order chi connectivity index (χ0) is 11.9. The zero-order valence-corrected chi connectivity index (χ0v) is 8.12. The second-order valence-electron chi connectivity index (χ2n) is 3.08.